The summed E-state index contributed by atoms with van der Waals surface area (Å²) in [6.45, 7) is 0.981. The van der Waals surface area contributed by atoms with Gasteiger partial charge in [0, 0.05) is 38.1 Å². The summed E-state index contributed by atoms with van der Waals surface area (Å²) in [5.74, 6) is -0.0870. The third-order valence-corrected chi connectivity index (χ3v) is 5.50. The molecule has 1 aromatic heterocycles. The Kier molecular flexibility index (Phi) is 4.76. The van der Waals surface area contributed by atoms with Gasteiger partial charge in [-0.15, -0.1) is 0 Å². The van der Waals surface area contributed by atoms with E-state index >= 15 is 0 Å². The number of hydrogen-bond donors (Lipinski definition) is 0. The minimum absolute atomic E-state index is 0.0870. The van der Waals surface area contributed by atoms with E-state index in [9.17, 15) is 13.2 Å². The van der Waals surface area contributed by atoms with E-state index < -0.39 is 10.0 Å². The normalized spacial score (nSPS) is 14.1. The lowest BCUT2D eigenvalue weighted by molar-refractivity contribution is 0.0785. The monoisotopic (exact) mass is 359 g/mol. The number of carbonyl (C=O) groups excluding carboxylic acids is 1. The summed E-state index contributed by atoms with van der Waals surface area (Å²) in [6.07, 6.45) is 6.14. The molecule has 3 rings (SSSR count). The molecule has 25 heavy (non-hydrogen) atoms. The molecule has 2 aromatic rings. The topological polar surface area (TPSA) is 70.6 Å². The van der Waals surface area contributed by atoms with Gasteiger partial charge in [-0.05, 0) is 54.3 Å². The number of fused-ring (bicyclic) bond motifs is 1. The van der Waals surface area contributed by atoms with Crippen LogP contribution in [-0.2, 0) is 23.0 Å². The first kappa shape index (κ1) is 17.4. The van der Waals surface area contributed by atoms with Crippen molar-refractivity contribution < 1.29 is 13.2 Å². The summed E-state index contributed by atoms with van der Waals surface area (Å²) in [6, 6.07) is 9.01. The van der Waals surface area contributed by atoms with E-state index in [0.29, 0.717) is 24.3 Å². The number of nitrogens with zero attached hydrogens (tertiary/aromatic N) is 3. The zero-order chi connectivity index (χ0) is 18.0. The third-order valence-electron chi connectivity index (χ3n) is 4.32. The molecule has 0 bridgehead atoms. The number of aromatic nitrogens is 1. The minimum atomic E-state index is -3.30. The molecule has 0 spiro atoms. The van der Waals surface area contributed by atoms with Crippen molar-refractivity contribution in [3.63, 3.8) is 0 Å². The first-order valence-corrected chi connectivity index (χ1v) is 9.96. The molecular formula is C18H21N3O3S. The van der Waals surface area contributed by atoms with Crippen LogP contribution in [0.5, 0.6) is 0 Å². The van der Waals surface area contributed by atoms with Crippen LogP contribution in [0.4, 0.5) is 5.69 Å². The Morgan fingerprint density at radius 3 is 2.64 bits per heavy atom. The van der Waals surface area contributed by atoms with Crippen molar-refractivity contribution in [2.45, 2.75) is 19.4 Å². The fraction of sp³-hybridized carbons (Fsp3) is 0.333. The summed E-state index contributed by atoms with van der Waals surface area (Å²) in [7, 11) is -1.54. The molecule has 1 aliphatic rings. The number of amides is 1. The number of anilines is 1. The van der Waals surface area contributed by atoms with Gasteiger partial charge in [-0.2, -0.15) is 0 Å². The van der Waals surface area contributed by atoms with Crippen LogP contribution in [0.2, 0.25) is 0 Å². The maximum Gasteiger partial charge on any atom is 0.253 e. The SMILES string of the molecule is CN(Cc1ccncc1)C(=O)c1ccc2c(c1)CCCN2S(C)(=O)=O. The second kappa shape index (κ2) is 6.84. The Balaban J connectivity index is 1.83. The Morgan fingerprint density at radius 2 is 1.96 bits per heavy atom. The molecule has 132 valence electrons. The van der Waals surface area contributed by atoms with Gasteiger partial charge in [-0.25, -0.2) is 8.42 Å². The van der Waals surface area contributed by atoms with Crippen LogP contribution in [0.15, 0.2) is 42.7 Å². The highest BCUT2D eigenvalue weighted by molar-refractivity contribution is 7.92. The molecule has 1 amide bonds. The Labute approximate surface area is 148 Å². The molecule has 0 unspecified atom stereocenters. The van der Waals surface area contributed by atoms with E-state index in [2.05, 4.69) is 4.98 Å². The van der Waals surface area contributed by atoms with Crippen LogP contribution in [0.25, 0.3) is 0 Å². The molecule has 2 heterocycles. The number of pyridine rings is 1. The quantitative estimate of drug-likeness (QED) is 0.838. The number of carbonyl (C=O) groups is 1. The van der Waals surface area contributed by atoms with Crippen LogP contribution >= 0.6 is 0 Å². The van der Waals surface area contributed by atoms with Crippen LogP contribution in [0, 0.1) is 0 Å². The molecule has 1 aliphatic heterocycles. The highest BCUT2D eigenvalue weighted by Gasteiger charge is 2.25. The van der Waals surface area contributed by atoms with Gasteiger partial charge in [0.25, 0.3) is 5.91 Å². The molecule has 0 saturated heterocycles. The highest BCUT2D eigenvalue weighted by Crippen LogP contribution is 2.30. The summed E-state index contributed by atoms with van der Waals surface area (Å²) in [5, 5.41) is 0. The molecule has 0 fully saturated rings. The maximum absolute atomic E-state index is 12.7. The van der Waals surface area contributed by atoms with Crippen molar-refractivity contribution in [3.05, 3.63) is 59.4 Å². The van der Waals surface area contributed by atoms with Gasteiger partial charge < -0.3 is 4.90 Å². The zero-order valence-corrected chi connectivity index (χ0v) is 15.2. The third kappa shape index (κ3) is 3.82. The van der Waals surface area contributed by atoms with Crippen molar-refractivity contribution >= 4 is 21.6 Å². The number of benzene rings is 1. The van der Waals surface area contributed by atoms with Gasteiger partial charge >= 0.3 is 0 Å². The maximum atomic E-state index is 12.7. The Morgan fingerprint density at radius 1 is 1.24 bits per heavy atom. The zero-order valence-electron chi connectivity index (χ0n) is 14.3. The predicted octanol–water partition coefficient (Wildman–Crippen LogP) is 2.07. The largest absolute Gasteiger partial charge is 0.337 e. The van der Waals surface area contributed by atoms with E-state index in [-0.39, 0.29) is 5.91 Å². The van der Waals surface area contributed by atoms with Crippen molar-refractivity contribution in [1.29, 1.82) is 0 Å². The number of sulfonamides is 1. The number of aryl methyl sites for hydroxylation is 1. The van der Waals surface area contributed by atoms with Crippen LogP contribution in [0.3, 0.4) is 0 Å². The standard InChI is InChI=1S/C18H21N3O3S/c1-20(13-14-7-9-19-10-8-14)18(22)16-5-6-17-15(12-16)4-3-11-21(17)25(2,23)24/h5-10,12H,3-4,11,13H2,1-2H3. The molecule has 0 saturated carbocycles. The second-order valence-corrected chi connectivity index (χ2v) is 8.21. The lowest BCUT2D eigenvalue weighted by Crippen LogP contribution is -2.35. The van der Waals surface area contributed by atoms with Crippen LogP contribution < -0.4 is 4.31 Å². The molecule has 0 N–H and O–H groups in total. The molecule has 1 aromatic carbocycles. The Bertz CT molecular complexity index is 882. The molecule has 6 nitrogen and oxygen atoms in total. The van der Waals surface area contributed by atoms with E-state index in [4.69, 9.17) is 0 Å². The van der Waals surface area contributed by atoms with Gasteiger partial charge in [0.15, 0.2) is 0 Å². The summed E-state index contributed by atoms with van der Waals surface area (Å²) in [5.41, 5.74) is 3.17. The fourth-order valence-corrected chi connectivity index (χ4v) is 4.09. The van der Waals surface area contributed by atoms with Gasteiger partial charge in [-0.3, -0.25) is 14.1 Å². The van der Waals surface area contributed by atoms with Gasteiger partial charge in [-0.1, -0.05) is 0 Å². The summed E-state index contributed by atoms with van der Waals surface area (Å²) < 4.78 is 25.3. The van der Waals surface area contributed by atoms with E-state index in [1.807, 2.05) is 18.2 Å². The van der Waals surface area contributed by atoms with Crippen molar-refractivity contribution in [2.75, 3.05) is 24.2 Å². The molecule has 0 aliphatic carbocycles. The van der Waals surface area contributed by atoms with Crippen molar-refractivity contribution in [3.8, 4) is 0 Å². The average molecular weight is 359 g/mol. The molecular weight excluding hydrogens is 338 g/mol. The fourth-order valence-electron chi connectivity index (χ4n) is 3.09. The molecule has 0 atom stereocenters. The average Bonchev–Trinajstić information content (AvgIpc) is 2.60. The lowest BCUT2D eigenvalue weighted by Gasteiger charge is -2.29. The minimum Gasteiger partial charge on any atom is -0.337 e. The second-order valence-electron chi connectivity index (χ2n) is 6.30. The predicted molar refractivity (Wildman–Crippen MR) is 97.0 cm³/mol. The van der Waals surface area contributed by atoms with Gasteiger partial charge in [0.05, 0.1) is 11.9 Å². The first-order chi connectivity index (χ1) is 11.9. The van der Waals surface area contributed by atoms with E-state index in [1.54, 1.807) is 36.5 Å². The Hall–Kier alpha value is -2.41. The van der Waals surface area contributed by atoms with Gasteiger partial charge in [0.2, 0.25) is 10.0 Å². The first-order valence-electron chi connectivity index (χ1n) is 8.11. The molecule has 7 heteroatoms. The lowest BCUT2D eigenvalue weighted by atomic mass is 10.0. The van der Waals surface area contributed by atoms with Crippen molar-refractivity contribution in [2.24, 2.45) is 0 Å². The summed E-state index contributed by atoms with van der Waals surface area (Å²) in [4.78, 5) is 18.3. The van der Waals surface area contributed by atoms with Crippen LogP contribution in [-0.4, -0.2) is 44.1 Å². The van der Waals surface area contributed by atoms with Crippen molar-refractivity contribution in [1.82, 2.24) is 9.88 Å². The van der Waals surface area contributed by atoms with Gasteiger partial charge in [0.1, 0.15) is 0 Å². The van der Waals surface area contributed by atoms with Crippen LogP contribution in [0.1, 0.15) is 27.9 Å². The molecule has 0 radical (unpaired) electrons. The van der Waals surface area contributed by atoms with E-state index in [1.165, 1.54) is 10.6 Å². The summed E-state index contributed by atoms with van der Waals surface area (Å²) >= 11 is 0. The highest BCUT2D eigenvalue weighted by atomic mass is 32.2. The number of hydrogen-bond acceptors (Lipinski definition) is 4. The van der Waals surface area contributed by atoms with E-state index in [0.717, 1.165) is 24.0 Å². The smallest absolute Gasteiger partial charge is 0.253 e. The number of rotatable bonds is 4.